The van der Waals surface area contributed by atoms with Crippen LogP contribution < -0.4 is 5.73 Å². The van der Waals surface area contributed by atoms with Crippen LogP contribution in [0.2, 0.25) is 0 Å². The average Bonchev–Trinajstić information content (AvgIpc) is 2.77. The van der Waals surface area contributed by atoms with Crippen LogP contribution in [0.5, 0.6) is 0 Å². The van der Waals surface area contributed by atoms with Crippen molar-refractivity contribution < 1.29 is 9.72 Å². The van der Waals surface area contributed by atoms with E-state index in [1.165, 1.54) is 12.3 Å². The monoisotopic (exact) mass is 238 g/mol. The molecule has 2 heterocycles. The molecule has 0 spiro atoms. The van der Waals surface area contributed by atoms with E-state index in [0.29, 0.717) is 13.1 Å². The highest BCUT2D eigenvalue weighted by molar-refractivity contribution is 5.93. The van der Waals surface area contributed by atoms with Gasteiger partial charge < -0.3 is 15.6 Å². The third kappa shape index (κ3) is 2.44. The van der Waals surface area contributed by atoms with Crippen molar-refractivity contribution in [1.29, 1.82) is 0 Å². The van der Waals surface area contributed by atoms with Gasteiger partial charge in [0.05, 0.1) is 11.1 Å². The minimum atomic E-state index is -0.533. The number of rotatable bonds is 2. The summed E-state index contributed by atoms with van der Waals surface area (Å²) < 4.78 is 0. The molecule has 0 aromatic carbocycles. The van der Waals surface area contributed by atoms with Crippen LogP contribution in [-0.2, 0) is 0 Å². The lowest BCUT2D eigenvalue weighted by atomic mass is 10.1. The fraction of sp³-hybridized carbons (Fsp3) is 0.500. The third-order valence-corrected chi connectivity index (χ3v) is 2.85. The highest BCUT2D eigenvalue weighted by Crippen LogP contribution is 2.16. The van der Waals surface area contributed by atoms with Crippen molar-refractivity contribution >= 4 is 11.6 Å². The Hall–Kier alpha value is -1.89. The van der Waals surface area contributed by atoms with Gasteiger partial charge in [-0.3, -0.25) is 14.9 Å². The first-order valence-corrected chi connectivity index (χ1v) is 5.45. The molecule has 2 rings (SSSR count). The van der Waals surface area contributed by atoms with Crippen molar-refractivity contribution in [3.63, 3.8) is 0 Å². The molecular weight excluding hydrogens is 224 g/mol. The molecule has 7 nitrogen and oxygen atoms in total. The molecule has 1 aromatic heterocycles. The van der Waals surface area contributed by atoms with Gasteiger partial charge in [-0.25, -0.2) is 0 Å². The molecule has 1 atom stereocenters. The molecule has 1 aromatic rings. The Morgan fingerprint density at radius 1 is 1.65 bits per heavy atom. The largest absolute Gasteiger partial charge is 0.351 e. The Balaban J connectivity index is 2.10. The van der Waals surface area contributed by atoms with Crippen LogP contribution in [0.25, 0.3) is 0 Å². The summed E-state index contributed by atoms with van der Waals surface area (Å²) in [7, 11) is 0. The molecule has 1 aliphatic heterocycles. The molecule has 1 saturated heterocycles. The van der Waals surface area contributed by atoms with Gasteiger partial charge in [-0.05, 0) is 12.8 Å². The molecule has 0 bridgehead atoms. The van der Waals surface area contributed by atoms with Gasteiger partial charge in [0.1, 0.15) is 5.69 Å². The van der Waals surface area contributed by atoms with Gasteiger partial charge in [-0.1, -0.05) is 0 Å². The fourth-order valence-electron chi connectivity index (χ4n) is 1.98. The number of carbonyl (C=O) groups is 1. The molecular formula is C10H14N4O3. The third-order valence-electron chi connectivity index (χ3n) is 2.85. The van der Waals surface area contributed by atoms with Crippen molar-refractivity contribution in [2.45, 2.75) is 18.9 Å². The van der Waals surface area contributed by atoms with Crippen LogP contribution in [0.4, 0.5) is 5.69 Å². The minimum Gasteiger partial charge on any atom is -0.351 e. The maximum Gasteiger partial charge on any atom is 0.287 e. The topological polar surface area (TPSA) is 105 Å². The number of nitrogens with zero attached hydrogens (tertiary/aromatic N) is 2. The van der Waals surface area contributed by atoms with E-state index in [-0.39, 0.29) is 23.3 Å². The van der Waals surface area contributed by atoms with Crippen molar-refractivity contribution in [3.8, 4) is 0 Å². The van der Waals surface area contributed by atoms with E-state index in [1.54, 1.807) is 4.90 Å². The number of aromatic amines is 1. The lowest BCUT2D eigenvalue weighted by Crippen LogP contribution is -2.45. The normalized spacial score (nSPS) is 20.3. The number of hydrogen-bond donors (Lipinski definition) is 2. The quantitative estimate of drug-likeness (QED) is 0.577. The van der Waals surface area contributed by atoms with Crippen LogP contribution in [0.3, 0.4) is 0 Å². The van der Waals surface area contributed by atoms with Crippen LogP contribution in [0.1, 0.15) is 23.3 Å². The first-order chi connectivity index (χ1) is 8.08. The predicted octanol–water partition coefficient (Wildman–Crippen LogP) is 0.486. The van der Waals surface area contributed by atoms with Crippen LogP contribution in [0, 0.1) is 10.1 Å². The summed E-state index contributed by atoms with van der Waals surface area (Å²) >= 11 is 0. The maximum atomic E-state index is 12.0. The molecule has 0 aliphatic carbocycles. The standard InChI is InChI=1S/C10H14N4O3/c11-7-2-1-3-13(6-7)10(15)9-4-8(5-12-9)14(16)17/h4-5,7,12H,1-3,6,11H2. The molecule has 0 radical (unpaired) electrons. The minimum absolute atomic E-state index is 0.00218. The van der Waals surface area contributed by atoms with E-state index in [4.69, 9.17) is 5.73 Å². The number of carbonyl (C=O) groups excluding carboxylic acids is 1. The van der Waals surface area contributed by atoms with Gasteiger partial charge >= 0.3 is 0 Å². The van der Waals surface area contributed by atoms with Crippen LogP contribution >= 0.6 is 0 Å². The van der Waals surface area contributed by atoms with Crippen LogP contribution in [-0.4, -0.2) is 39.8 Å². The van der Waals surface area contributed by atoms with Gasteiger partial charge in [-0.2, -0.15) is 0 Å². The van der Waals surface area contributed by atoms with Gasteiger partial charge in [0.25, 0.3) is 11.6 Å². The zero-order valence-corrected chi connectivity index (χ0v) is 9.26. The summed E-state index contributed by atoms with van der Waals surface area (Å²) in [6.45, 7) is 1.16. The SMILES string of the molecule is NC1CCCN(C(=O)c2cc([N+](=O)[O-])c[nH]2)C1. The molecule has 17 heavy (non-hydrogen) atoms. The molecule has 1 fully saturated rings. The van der Waals surface area contributed by atoms with E-state index in [0.717, 1.165) is 12.8 Å². The van der Waals surface area contributed by atoms with Crippen molar-refractivity contribution in [1.82, 2.24) is 9.88 Å². The first kappa shape index (κ1) is 11.6. The maximum absolute atomic E-state index is 12.0. The van der Waals surface area contributed by atoms with E-state index >= 15 is 0 Å². The second-order valence-electron chi connectivity index (χ2n) is 4.18. The molecule has 0 saturated carbocycles. The lowest BCUT2D eigenvalue weighted by molar-refractivity contribution is -0.384. The second-order valence-corrected chi connectivity index (χ2v) is 4.18. The Kier molecular flexibility index (Phi) is 3.10. The highest BCUT2D eigenvalue weighted by Gasteiger charge is 2.24. The molecule has 1 unspecified atom stereocenters. The smallest absolute Gasteiger partial charge is 0.287 e. The summed E-state index contributed by atoms with van der Waals surface area (Å²) in [5.74, 6) is -0.228. The Labute approximate surface area is 97.7 Å². The number of nitrogens with one attached hydrogen (secondary N) is 1. The Morgan fingerprint density at radius 2 is 2.41 bits per heavy atom. The van der Waals surface area contributed by atoms with E-state index < -0.39 is 4.92 Å². The average molecular weight is 238 g/mol. The van der Waals surface area contributed by atoms with Crippen molar-refractivity contribution in [2.75, 3.05) is 13.1 Å². The second kappa shape index (κ2) is 4.54. The zero-order valence-electron chi connectivity index (χ0n) is 9.26. The van der Waals surface area contributed by atoms with Gasteiger partial charge in [-0.15, -0.1) is 0 Å². The zero-order chi connectivity index (χ0) is 12.4. The molecule has 92 valence electrons. The van der Waals surface area contributed by atoms with Crippen molar-refractivity contribution in [3.05, 3.63) is 28.1 Å². The van der Waals surface area contributed by atoms with E-state index in [2.05, 4.69) is 4.98 Å². The number of aromatic nitrogens is 1. The predicted molar refractivity (Wildman–Crippen MR) is 60.6 cm³/mol. The van der Waals surface area contributed by atoms with Crippen molar-refractivity contribution in [2.24, 2.45) is 5.73 Å². The lowest BCUT2D eigenvalue weighted by Gasteiger charge is -2.30. The van der Waals surface area contributed by atoms with Crippen LogP contribution in [0.15, 0.2) is 12.3 Å². The number of hydrogen-bond acceptors (Lipinski definition) is 4. The fourth-order valence-corrected chi connectivity index (χ4v) is 1.98. The van der Waals surface area contributed by atoms with E-state index in [1.807, 2.05) is 0 Å². The van der Waals surface area contributed by atoms with Gasteiger partial charge in [0.15, 0.2) is 0 Å². The summed E-state index contributed by atoms with van der Waals surface area (Å²) in [5.41, 5.74) is 5.92. The number of H-pyrrole nitrogens is 1. The molecule has 1 aliphatic rings. The summed E-state index contributed by atoms with van der Waals surface area (Å²) in [4.78, 5) is 26.2. The van der Waals surface area contributed by atoms with E-state index in [9.17, 15) is 14.9 Å². The number of nitrogens with two attached hydrogens (primary N) is 1. The van der Waals surface area contributed by atoms with Gasteiger partial charge in [0, 0.05) is 25.2 Å². The summed E-state index contributed by atoms with van der Waals surface area (Å²) in [6.07, 6.45) is 3.00. The molecule has 1 amide bonds. The van der Waals surface area contributed by atoms with Gasteiger partial charge in [0.2, 0.25) is 0 Å². The number of piperidine rings is 1. The summed E-state index contributed by atoms with van der Waals surface area (Å²) in [5, 5.41) is 10.5. The Bertz CT molecular complexity index is 443. The summed E-state index contributed by atoms with van der Waals surface area (Å²) in [6, 6.07) is 1.25. The highest BCUT2D eigenvalue weighted by atomic mass is 16.6. The number of likely N-dealkylation sites (tertiary alicyclic amines) is 1. The number of amides is 1. The number of nitro groups is 1. The first-order valence-electron chi connectivity index (χ1n) is 5.45. The Morgan fingerprint density at radius 3 is 3.00 bits per heavy atom. The molecule has 3 N–H and O–H groups in total. The molecule has 7 heteroatoms.